The van der Waals surface area contributed by atoms with Crippen LogP contribution in [0.3, 0.4) is 0 Å². The third-order valence-electron chi connectivity index (χ3n) is 9.00. The Morgan fingerprint density at radius 2 is 1.95 bits per heavy atom. The lowest BCUT2D eigenvalue weighted by molar-refractivity contribution is 0.0821. The standard InChI is InChI=1S/C32H37N5O2/c1-20-4-3-14-37(20)32(2)11-9-21-5-6-22(16-23(21)10-12-32)25-17-27(30(34)36-19-25)29(33)24-7-8-26-28(18-24)39-15-13-35-31(26)38/h5-8,16-20,33H,3-4,9-15H2,1-2H3,(H2,34,36)(H,35,38). The molecule has 3 heterocycles. The van der Waals surface area contributed by atoms with E-state index in [1.54, 1.807) is 24.4 Å². The summed E-state index contributed by atoms with van der Waals surface area (Å²) in [7, 11) is 0. The van der Waals surface area contributed by atoms with E-state index in [0.29, 0.717) is 47.5 Å². The Hall–Kier alpha value is -3.71. The molecule has 2 aromatic carbocycles. The van der Waals surface area contributed by atoms with Crippen LogP contribution in [0.15, 0.2) is 48.7 Å². The Labute approximate surface area is 230 Å². The zero-order valence-electron chi connectivity index (χ0n) is 22.8. The Kier molecular flexibility index (Phi) is 6.63. The molecule has 6 rings (SSSR count). The number of aryl methyl sites for hydroxylation is 2. The first-order valence-corrected chi connectivity index (χ1v) is 14.1. The Bertz CT molecular complexity index is 1450. The highest BCUT2D eigenvalue weighted by atomic mass is 16.5. The predicted octanol–water partition coefficient (Wildman–Crippen LogP) is 4.99. The quantitative estimate of drug-likeness (QED) is 0.330. The number of rotatable bonds is 4. The Morgan fingerprint density at radius 1 is 1.13 bits per heavy atom. The number of nitrogen functional groups attached to an aromatic ring is 1. The van der Waals surface area contributed by atoms with E-state index in [0.717, 1.165) is 24.0 Å². The topological polar surface area (TPSA) is 104 Å². The molecule has 0 saturated carbocycles. The summed E-state index contributed by atoms with van der Waals surface area (Å²) in [5, 5.41) is 11.7. The molecule has 4 N–H and O–H groups in total. The van der Waals surface area contributed by atoms with Crippen molar-refractivity contribution in [2.45, 2.75) is 64.0 Å². The van der Waals surface area contributed by atoms with Gasteiger partial charge < -0.3 is 15.8 Å². The number of anilines is 1. The van der Waals surface area contributed by atoms with Crippen molar-refractivity contribution in [3.63, 3.8) is 0 Å². The fourth-order valence-corrected chi connectivity index (χ4v) is 6.63. The number of amides is 1. The molecule has 39 heavy (non-hydrogen) atoms. The summed E-state index contributed by atoms with van der Waals surface area (Å²) in [6.07, 6.45) is 8.94. The van der Waals surface area contributed by atoms with E-state index in [4.69, 9.17) is 15.9 Å². The Balaban J connectivity index is 1.27. The normalized spacial score (nSPS) is 23.1. The van der Waals surface area contributed by atoms with Gasteiger partial charge in [0.25, 0.3) is 5.91 Å². The van der Waals surface area contributed by atoms with Crippen LogP contribution in [0.5, 0.6) is 5.75 Å². The van der Waals surface area contributed by atoms with Crippen molar-refractivity contribution >= 4 is 17.4 Å². The first-order valence-electron chi connectivity index (χ1n) is 14.1. The van der Waals surface area contributed by atoms with Crippen LogP contribution in [-0.2, 0) is 12.8 Å². The molecule has 0 spiro atoms. The van der Waals surface area contributed by atoms with E-state index in [-0.39, 0.29) is 17.2 Å². The van der Waals surface area contributed by atoms with Gasteiger partial charge in [0.05, 0.1) is 17.8 Å². The minimum absolute atomic E-state index is 0.165. The van der Waals surface area contributed by atoms with Gasteiger partial charge in [-0.05, 0) is 93.8 Å². The van der Waals surface area contributed by atoms with Crippen molar-refractivity contribution in [1.29, 1.82) is 5.41 Å². The number of fused-ring (bicyclic) bond motifs is 2. The third kappa shape index (κ3) is 4.80. The molecular formula is C32H37N5O2. The van der Waals surface area contributed by atoms with E-state index < -0.39 is 0 Å². The van der Waals surface area contributed by atoms with Gasteiger partial charge in [0, 0.05) is 34.5 Å². The molecule has 7 heteroatoms. The zero-order chi connectivity index (χ0) is 27.1. The second-order valence-electron chi connectivity index (χ2n) is 11.5. The second kappa shape index (κ2) is 10.1. The van der Waals surface area contributed by atoms with Gasteiger partial charge in [-0.3, -0.25) is 15.1 Å². The first-order chi connectivity index (χ1) is 18.8. The number of ether oxygens (including phenoxy) is 1. The average molecular weight is 524 g/mol. The lowest BCUT2D eigenvalue weighted by atomic mass is 9.89. The number of benzene rings is 2. The molecule has 1 fully saturated rings. The van der Waals surface area contributed by atoms with Crippen LogP contribution in [0.4, 0.5) is 5.82 Å². The van der Waals surface area contributed by atoms with Crippen molar-refractivity contribution in [3.05, 3.63) is 76.5 Å². The molecule has 7 nitrogen and oxygen atoms in total. The summed E-state index contributed by atoms with van der Waals surface area (Å²) < 4.78 is 5.75. The van der Waals surface area contributed by atoms with Crippen molar-refractivity contribution in [1.82, 2.24) is 15.2 Å². The third-order valence-corrected chi connectivity index (χ3v) is 9.00. The molecule has 2 atom stereocenters. The summed E-state index contributed by atoms with van der Waals surface area (Å²) in [5.74, 6) is 0.626. The highest BCUT2D eigenvalue weighted by Gasteiger charge is 2.38. The molecule has 2 unspecified atom stereocenters. The highest BCUT2D eigenvalue weighted by Crippen LogP contribution is 2.38. The van der Waals surface area contributed by atoms with E-state index in [9.17, 15) is 4.79 Å². The maximum atomic E-state index is 12.3. The van der Waals surface area contributed by atoms with Crippen LogP contribution in [0.1, 0.15) is 72.1 Å². The van der Waals surface area contributed by atoms with Gasteiger partial charge in [-0.2, -0.15) is 0 Å². The first kappa shape index (κ1) is 25.6. The van der Waals surface area contributed by atoms with Crippen LogP contribution in [0.25, 0.3) is 11.1 Å². The smallest absolute Gasteiger partial charge is 0.255 e. The average Bonchev–Trinajstić information content (AvgIpc) is 3.21. The highest BCUT2D eigenvalue weighted by molar-refractivity contribution is 6.14. The maximum Gasteiger partial charge on any atom is 0.255 e. The molecule has 3 aromatic rings. The number of nitrogens with zero attached hydrogens (tertiary/aromatic N) is 2. The van der Waals surface area contributed by atoms with Crippen LogP contribution < -0.4 is 15.8 Å². The number of hydrogen-bond donors (Lipinski definition) is 3. The minimum atomic E-state index is -0.165. The largest absolute Gasteiger partial charge is 0.491 e. The van der Waals surface area contributed by atoms with Gasteiger partial charge in [-0.15, -0.1) is 0 Å². The predicted molar refractivity (Wildman–Crippen MR) is 155 cm³/mol. The number of pyridine rings is 1. The molecule has 1 saturated heterocycles. The van der Waals surface area contributed by atoms with Crippen molar-refractivity contribution < 1.29 is 9.53 Å². The number of hydrogen-bond acceptors (Lipinski definition) is 6. The fourth-order valence-electron chi connectivity index (χ4n) is 6.63. The minimum Gasteiger partial charge on any atom is -0.491 e. The van der Waals surface area contributed by atoms with Gasteiger partial charge in [-0.1, -0.05) is 24.3 Å². The molecule has 2 aliphatic heterocycles. The van der Waals surface area contributed by atoms with Crippen molar-refractivity contribution in [2.75, 3.05) is 25.4 Å². The number of aromatic nitrogens is 1. The molecule has 202 valence electrons. The van der Waals surface area contributed by atoms with Crippen LogP contribution in [0.2, 0.25) is 0 Å². The van der Waals surface area contributed by atoms with Crippen LogP contribution in [-0.4, -0.2) is 52.8 Å². The number of likely N-dealkylation sites (tertiary alicyclic amines) is 1. The molecule has 1 aromatic heterocycles. The van der Waals surface area contributed by atoms with Crippen LogP contribution in [0, 0.1) is 5.41 Å². The molecular weight excluding hydrogens is 486 g/mol. The van der Waals surface area contributed by atoms with Crippen molar-refractivity contribution in [2.24, 2.45) is 0 Å². The van der Waals surface area contributed by atoms with Gasteiger partial charge in [0.1, 0.15) is 18.2 Å². The van der Waals surface area contributed by atoms with Gasteiger partial charge in [-0.25, -0.2) is 4.98 Å². The van der Waals surface area contributed by atoms with E-state index in [2.05, 4.69) is 47.2 Å². The lowest BCUT2D eigenvalue weighted by Gasteiger charge is -2.41. The molecule has 1 aliphatic carbocycles. The van der Waals surface area contributed by atoms with Gasteiger partial charge >= 0.3 is 0 Å². The summed E-state index contributed by atoms with van der Waals surface area (Å²) >= 11 is 0. The SMILES string of the molecule is CC1CCCN1C1(C)CCc2ccc(-c3cnc(N)c(C(=N)c4ccc5c(c4)OCCNC5=O)c3)cc2CC1. The summed E-state index contributed by atoms with van der Waals surface area (Å²) in [6, 6.07) is 14.6. The van der Waals surface area contributed by atoms with E-state index >= 15 is 0 Å². The number of carbonyl (C=O) groups is 1. The second-order valence-corrected chi connectivity index (χ2v) is 11.5. The summed E-state index contributed by atoms with van der Waals surface area (Å²) in [5.41, 5.74) is 13.3. The zero-order valence-corrected chi connectivity index (χ0v) is 22.8. The Morgan fingerprint density at radius 3 is 2.74 bits per heavy atom. The van der Waals surface area contributed by atoms with Crippen LogP contribution >= 0.6 is 0 Å². The summed E-state index contributed by atoms with van der Waals surface area (Å²) in [6.45, 7) is 6.91. The molecule has 0 bridgehead atoms. The number of carbonyl (C=O) groups excluding carboxylic acids is 1. The van der Waals surface area contributed by atoms with E-state index in [1.165, 1.54) is 43.4 Å². The molecule has 1 amide bonds. The van der Waals surface area contributed by atoms with Gasteiger partial charge in [0.2, 0.25) is 0 Å². The van der Waals surface area contributed by atoms with E-state index in [1.807, 2.05) is 6.07 Å². The monoisotopic (exact) mass is 523 g/mol. The molecule has 3 aliphatic rings. The fraction of sp³-hybridized carbons (Fsp3) is 0.406. The van der Waals surface area contributed by atoms with Gasteiger partial charge in [0.15, 0.2) is 0 Å². The number of nitrogens with two attached hydrogens (primary N) is 1. The molecule has 0 radical (unpaired) electrons. The lowest BCUT2D eigenvalue weighted by Crippen LogP contribution is -2.48. The summed E-state index contributed by atoms with van der Waals surface area (Å²) in [4.78, 5) is 19.5. The van der Waals surface area contributed by atoms with Crippen molar-refractivity contribution in [3.8, 4) is 16.9 Å². The number of nitrogens with one attached hydrogen (secondary N) is 2. The maximum absolute atomic E-state index is 12.3.